The van der Waals surface area contributed by atoms with E-state index in [0.717, 1.165) is 40.2 Å². The van der Waals surface area contributed by atoms with E-state index in [0.29, 0.717) is 13.2 Å². The Morgan fingerprint density at radius 2 is 1.32 bits per heavy atom. The van der Waals surface area contributed by atoms with Crippen molar-refractivity contribution in [3.8, 4) is 17.2 Å². The molecule has 3 aromatic rings. The Morgan fingerprint density at radius 1 is 0.839 bits per heavy atom. The quantitative estimate of drug-likeness (QED) is 0.357. The molecule has 0 bridgehead atoms. The zero-order chi connectivity index (χ0) is 21.5. The molecular formula is C24H23B3O4. The van der Waals surface area contributed by atoms with Crippen LogP contribution in [0.5, 0.6) is 17.2 Å². The third-order valence-electron chi connectivity index (χ3n) is 4.76. The Bertz CT molecular complexity index is 942. The second-order valence-corrected chi connectivity index (χ2v) is 7.70. The van der Waals surface area contributed by atoms with Crippen LogP contribution in [0.2, 0.25) is 0 Å². The van der Waals surface area contributed by atoms with Crippen molar-refractivity contribution in [1.82, 2.24) is 0 Å². The van der Waals surface area contributed by atoms with Gasteiger partial charge in [0.1, 0.15) is 19.3 Å². The fourth-order valence-corrected chi connectivity index (χ4v) is 2.87. The van der Waals surface area contributed by atoms with Gasteiger partial charge in [-0.1, -0.05) is 59.7 Å². The van der Waals surface area contributed by atoms with Gasteiger partial charge in [0, 0.05) is 5.92 Å². The molecule has 0 N–H and O–H groups in total. The highest BCUT2D eigenvalue weighted by Gasteiger charge is 2.26. The fourth-order valence-electron chi connectivity index (χ4n) is 2.87. The molecule has 0 aliphatic carbocycles. The first-order valence-electron chi connectivity index (χ1n) is 10.4. The Kier molecular flexibility index (Phi) is 7.26. The van der Waals surface area contributed by atoms with Crippen molar-refractivity contribution >= 4 is 39.0 Å². The lowest BCUT2D eigenvalue weighted by molar-refractivity contribution is 0.188. The number of benzene rings is 3. The summed E-state index contributed by atoms with van der Waals surface area (Å²) in [5.41, 5.74) is 2.95. The molecule has 31 heavy (non-hydrogen) atoms. The lowest BCUT2D eigenvalue weighted by atomic mass is 9.64. The minimum Gasteiger partial charge on any atom is -0.560 e. The third kappa shape index (κ3) is 7.14. The topological polar surface area (TPSA) is 40.2 Å². The molecular weight excluding hydrogens is 385 g/mol. The summed E-state index contributed by atoms with van der Waals surface area (Å²) in [6, 6.07) is 23.6. The van der Waals surface area contributed by atoms with E-state index in [9.17, 15) is 0 Å². The number of hydrogen-bond acceptors (Lipinski definition) is 4. The van der Waals surface area contributed by atoms with Crippen molar-refractivity contribution in [2.75, 3.05) is 19.8 Å². The SMILES string of the molecule is [B]c1ccc(OCC(C)COc2ccc([B]c3ccc(O[B]C4CO4)cc3)cc2)cc1. The van der Waals surface area contributed by atoms with Crippen molar-refractivity contribution in [2.24, 2.45) is 5.92 Å². The maximum Gasteiger partial charge on any atom is 0.403 e. The van der Waals surface area contributed by atoms with Gasteiger partial charge in [-0.3, -0.25) is 0 Å². The largest absolute Gasteiger partial charge is 0.560 e. The molecule has 0 amide bonds. The van der Waals surface area contributed by atoms with Crippen LogP contribution in [0, 0.1) is 5.92 Å². The van der Waals surface area contributed by atoms with Crippen LogP contribution < -0.4 is 30.5 Å². The highest BCUT2D eigenvalue weighted by atomic mass is 16.6. The molecule has 3 aromatic carbocycles. The van der Waals surface area contributed by atoms with Gasteiger partial charge in [0.15, 0.2) is 7.28 Å². The van der Waals surface area contributed by atoms with E-state index in [2.05, 4.69) is 14.2 Å². The molecule has 7 heteroatoms. The molecule has 152 valence electrons. The first-order chi connectivity index (χ1) is 15.1. The van der Waals surface area contributed by atoms with Crippen molar-refractivity contribution in [2.45, 2.75) is 12.9 Å². The van der Waals surface area contributed by atoms with Crippen LogP contribution in [-0.2, 0) is 4.74 Å². The van der Waals surface area contributed by atoms with E-state index in [-0.39, 0.29) is 11.9 Å². The van der Waals surface area contributed by atoms with Gasteiger partial charge in [0.25, 0.3) is 0 Å². The third-order valence-corrected chi connectivity index (χ3v) is 4.76. The highest BCUT2D eigenvalue weighted by Crippen LogP contribution is 2.13. The number of epoxide rings is 1. The zero-order valence-electron chi connectivity index (χ0n) is 17.6. The monoisotopic (exact) mass is 408 g/mol. The van der Waals surface area contributed by atoms with Gasteiger partial charge >= 0.3 is 7.48 Å². The molecule has 4 radical (unpaired) electrons. The van der Waals surface area contributed by atoms with Crippen LogP contribution >= 0.6 is 0 Å². The molecule has 1 fully saturated rings. The molecule has 0 saturated carbocycles. The number of ether oxygens (including phenoxy) is 3. The molecule has 1 heterocycles. The summed E-state index contributed by atoms with van der Waals surface area (Å²) in [7, 11) is 9.53. The molecule has 0 spiro atoms. The Hall–Kier alpha value is -2.79. The lowest BCUT2D eigenvalue weighted by Gasteiger charge is -2.15. The fraction of sp³-hybridized carbons (Fsp3) is 0.250. The predicted molar refractivity (Wildman–Crippen MR) is 126 cm³/mol. The first kappa shape index (κ1) is 21.4. The zero-order valence-corrected chi connectivity index (χ0v) is 17.6. The number of hydrogen-bond donors (Lipinski definition) is 0. The summed E-state index contributed by atoms with van der Waals surface area (Å²) >= 11 is 0. The van der Waals surface area contributed by atoms with Crippen LogP contribution in [-0.4, -0.2) is 48.4 Å². The van der Waals surface area contributed by atoms with Crippen LogP contribution in [0.3, 0.4) is 0 Å². The minimum atomic E-state index is 0.145. The molecule has 0 aromatic heterocycles. The molecule has 1 aliphatic rings. The van der Waals surface area contributed by atoms with Crippen LogP contribution in [0.4, 0.5) is 0 Å². The highest BCUT2D eigenvalue weighted by molar-refractivity contribution is 6.67. The second kappa shape index (κ2) is 10.5. The smallest absolute Gasteiger partial charge is 0.403 e. The Balaban J connectivity index is 1.19. The maximum absolute atomic E-state index is 5.90. The average molecular weight is 408 g/mol. The summed E-state index contributed by atoms with van der Waals surface area (Å²) in [5.74, 6) is 2.73. The van der Waals surface area contributed by atoms with E-state index in [1.807, 2.05) is 72.8 Å². The van der Waals surface area contributed by atoms with Crippen LogP contribution in [0.15, 0.2) is 72.8 Å². The predicted octanol–water partition coefficient (Wildman–Crippen LogP) is 1.58. The molecule has 4 rings (SSSR count). The van der Waals surface area contributed by atoms with Gasteiger partial charge < -0.3 is 18.9 Å². The van der Waals surface area contributed by atoms with Gasteiger partial charge in [0.2, 0.25) is 0 Å². The van der Waals surface area contributed by atoms with E-state index in [1.165, 1.54) is 0 Å². The molecule has 1 saturated heterocycles. The summed E-state index contributed by atoms with van der Waals surface area (Å²) in [6.45, 7) is 4.02. The van der Waals surface area contributed by atoms with Crippen LogP contribution in [0.1, 0.15) is 6.92 Å². The van der Waals surface area contributed by atoms with Gasteiger partial charge in [0.05, 0.1) is 31.6 Å². The summed E-state index contributed by atoms with van der Waals surface area (Å²) in [6.07, 6.45) is 0. The van der Waals surface area contributed by atoms with Crippen molar-refractivity contribution < 1.29 is 18.9 Å². The van der Waals surface area contributed by atoms with E-state index in [1.54, 1.807) is 7.48 Å². The molecule has 1 aliphatic heterocycles. The number of rotatable bonds is 11. The van der Waals surface area contributed by atoms with Crippen molar-refractivity contribution in [3.63, 3.8) is 0 Å². The van der Waals surface area contributed by atoms with Gasteiger partial charge in [-0.25, -0.2) is 0 Å². The first-order valence-corrected chi connectivity index (χ1v) is 10.4. The summed E-state index contributed by atoms with van der Waals surface area (Å²) in [5, 5.41) is 0. The van der Waals surface area contributed by atoms with E-state index < -0.39 is 0 Å². The van der Waals surface area contributed by atoms with Crippen LogP contribution in [0.25, 0.3) is 0 Å². The normalized spacial score (nSPS) is 15.6. The summed E-state index contributed by atoms with van der Waals surface area (Å²) in [4.78, 5) is 0. The lowest BCUT2D eigenvalue weighted by Crippen LogP contribution is -2.26. The molecule has 2 atom stereocenters. The van der Waals surface area contributed by atoms with E-state index >= 15 is 0 Å². The maximum atomic E-state index is 5.90. The Labute approximate surface area is 186 Å². The standard InChI is InChI=1S/C24H23B3O4/c1-17(14-28-21-8-2-18(25)3-9-21)15-29-22-10-4-19(5-11-22)26-20-6-12-23(13-7-20)31-27-24-16-30-24/h2-13,17,24H,14-16H2,1H3. The summed E-state index contributed by atoms with van der Waals surface area (Å²) < 4.78 is 22.3. The average Bonchev–Trinajstić information content (AvgIpc) is 3.62. The Morgan fingerprint density at radius 3 is 1.84 bits per heavy atom. The van der Waals surface area contributed by atoms with Crippen molar-refractivity contribution in [1.29, 1.82) is 0 Å². The van der Waals surface area contributed by atoms with Crippen molar-refractivity contribution in [3.05, 3.63) is 72.8 Å². The van der Waals surface area contributed by atoms with Gasteiger partial charge in [-0.15, -0.1) is 0 Å². The van der Waals surface area contributed by atoms with Gasteiger partial charge in [-0.2, -0.15) is 0 Å². The van der Waals surface area contributed by atoms with E-state index in [4.69, 9.17) is 26.7 Å². The second-order valence-electron chi connectivity index (χ2n) is 7.70. The van der Waals surface area contributed by atoms with Gasteiger partial charge in [-0.05, 0) is 36.4 Å². The minimum absolute atomic E-state index is 0.145. The molecule has 2 unspecified atom stereocenters. The molecule has 4 nitrogen and oxygen atoms in total.